The van der Waals surface area contributed by atoms with Gasteiger partial charge in [-0.3, -0.25) is 14.4 Å². The molecule has 1 amide bonds. The van der Waals surface area contributed by atoms with Crippen molar-refractivity contribution in [2.75, 3.05) is 6.61 Å². The van der Waals surface area contributed by atoms with Crippen LogP contribution in [-0.4, -0.2) is 40.7 Å². The van der Waals surface area contributed by atoms with E-state index in [-0.39, 0.29) is 12.8 Å². The van der Waals surface area contributed by atoms with Crippen LogP contribution in [0.4, 0.5) is 0 Å². The zero-order chi connectivity index (χ0) is 11.8. The molecule has 0 fully saturated rings. The molecule has 0 aromatic heterocycles. The van der Waals surface area contributed by atoms with Crippen LogP contribution in [-0.2, 0) is 19.2 Å². The summed E-state index contributed by atoms with van der Waals surface area (Å²) < 4.78 is 0. The van der Waals surface area contributed by atoms with Crippen molar-refractivity contribution < 1.29 is 29.4 Å². The SMILES string of the molecule is NOCC(=O)N[C@@H](CCC(=O)O)C(=O)O. The van der Waals surface area contributed by atoms with Gasteiger partial charge in [-0.05, 0) is 6.42 Å². The monoisotopic (exact) mass is 220 g/mol. The highest BCUT2D eigenvalue weighted by molar-refractivity contribution is 5.84. The summed E-state index contributed by atoms with van der Waals surface area (Å²) in [4.78, 5) is 35.6. The number of amides is 1. The van der Waals surface area contributed by atoms with Crippen molar-refractivity contribution >= 4 is 17.8 Å². The van der Waals surface area contributed by atoms with Crippen molar-refractivity contribution in [3.8, 4) is 0 Å². The molecule has 0 aliphatic carbocycles. The van der Waals surface area contributed by atoms with Crippen LogP contribution < -0.4 is 11.2 Å². The standard InChI is InChI=1S/C7H12N2O6/c8-15-3-5(10)9-4(7(13)14)1-2-6(11)12/h4H,1-3,8H2,(H,9,10)(H,11,12)(H,13,14)/t4-/m0/s1. The molecule has 1 atom stereocenters. The normalized spacial score (nSPS) is 11.8. The number of hydrogen-bond donors (Lipinski definition) is 4. The molecule has 8 nitrogen and oxygen atoms in total. The minimum absolute atomic E-state index is 0.193. The van der Waals surface area contributed by atoms with Crippen LogP contribution in [0.3, 0.4) is 0 Å². The van der Waals surface area contributed by atoms with Crippen LogP contribution in [0.25, 0.3) is 0 Å². The summed E-state index contributed by atoms with van der Waals surface area (Å²) in [5.41, 5.74) is 0. The molecule has 86 valence electrons. The van der Waals surface area contributed by atoms with E-state index in [1.807, 2.05) is 0 Å². The summed E-state index contributed by atoms with van der Waals surface area (Å²) in [6.07, 6.45) is -0.540. The number of carbonyl (C=O) groups is 3. The first kappa shape index (κ1) is 13.3. The molecular weight excluding hydrogens is 208 g/mol. The van der Waals surface area contributed by atoms with Crippen LogP contribution in [0.1, 0.15) is 12.8 Å². The first-order chi connectivity index (χ1) is 6.97. The Bertz CT molecular complexity index is 254. The molecule has 0 aliphatic rings. The number of carbonyl (C=O) groups excluding carboxylic acids is 1. The van der Waals surface area contributed by atoms with Crippen molar-refractivity contribution in [2.45, 2.75) is 18.9 Å². The van der Waals surface area contributed by atoms with E-state index in [0.29, 0.717) is 0 Å². The number of carboxylic acids is 2. The average molecular weight is 220 g/mol. The second-order valence-corrected chi connectivity index (χ2v) is 2.70. The lowest BCUT2D eigenvalue weighted by Crippen LogP contribution is -2.43. The summed E-state index contributed by atoms with van der Waals surface area (Å²) in [5, 5.41) is 19.0. The number of rotatable bonds is 7. The Morgan fingerprint density at radius 2 is 1.93 bits per heavy atom. The van der Waals surface area contributed by atoms with Crippen molar-refractivity contribution in [1.29, 1.82) is 0 Å². The second-order valence-electron chi connectivity index (χ2n) is 2.70. The maximum Gasteiger partial charge on any atom is 0.326 e. The van der Waals surface area contributed by atoms with Crippen LogP contribution >= 0.6 is 0 Å². The highest BCUT2D eigenvalue weighted by atomic mass is 16.6. The van der Waals surface area contributed by atoms with Crippen LogP contribution in [0.2, 0.25) is 0 Å². The topological polar surface area (TPSA) is 139 Å². The van der Waals surface area contributed by atoms with Gasteiger partial charge in [0.2, 0.25) is 5.91 Å². The summed E-state index contributed by atoms with van der Waals surface area (Å²) in [7, 11) is 0. The number of nitrogens with two attached hydrogens (primary N) is 1. The van der Waals surface area contributed by atoms with Gasteiger partial charge in [-0.15, -0.1) is 0 Å². The van der Waals surface area contributed by atoms with E-state index in [2.05, 4.69) is 16.1 Å². The number of nitrogens with one attached hydrogen (secondary N) is 1. The van der Waals surface area contributed by atoms with Crippen LogP contribution in [0.15, 0.2) is 0 Å². The molecule has 5 N–H and O–H groups in total. The van der Waals surface area contributed by atoms with Gasteiger partial charge in [-0.25, -0.2) is 10.7 Å². The smallest absolute Gasteiger partial charge is 0.326 e. The van der Waals surface area contributed by atoms with Crippen molar-refractivity contribution in [3.63, 3.8) is 0 Å². The lowest BCUT2D eigenvalue weighted by atomic mass is 10.1. The Kier molecular flexibility index (Phi) is 5.99. The molecule has 0 unspecified atom stereocenters. The third-order valence-corrected chi connectivity index (χ3v) is 1.49. The van der Waals surface area contributed by atoms with Gasteiger partial charge in [0, 0.05) is 6.42 Å². The Labute approximate surface area is 85.0 Å². The summed E-state index contributed by atoms with van der Waals surface area (Å²) >= 11 is 0. The highest BCUT2D eigenvalue weighted by Crippen LogP contribution is 1.97. The van der Waals surface area contributed by atoms with E-state index >= 15 is 0 Å². The van der Waals surface area contributed by atoms with E-state index in [4.69, 9.17) is 10.2 Å². The predicted octanol–water partition coefficient (Wildman–Crippen LogP) is -1.69. The van der Waals surface area contributed by atoms with Gasteiger partial charge in [0.1, 0.15) is 12.6 Å². The Balaban J connectivity index is 4.10. The zero-order valence-electron chi connectivity index (χ0n) is 7.80. The minimum atomic E-state index is -1.30. The number of hydrogen-bond acceptors (Lipinski definition) is 5. The third-order valence-electron chi connectivity index (χ3n) is 1.49. The van der Waals surface area contributed by atoms with Crippen molar-refractivity contribution in [1.82, 2.24) is 5.32 Å². The maximum atomic E-state index is 10.9. The molecule has 8 heteroatoms. The Morgan fingerprint density at radius 1 is 1.33 bits per heavy atom. The molecule has 15 heavy (non-hydrogen) atoms. The highest BCUT2D eigenvalue weighted by Gasteiger charge is 2.20. The van der Waals surface area contributed by atoms with Crippen LogP contribution in [0, 0.1) is 0 Å². The summed E-state index contributed by atoms with van der Waals surface area (Å²) in [5.74, 6) is 1.45. The van der Waals surface area contributed by atoms with E-state index in [0.717, 1.165) is 0 Å². The first-order valence-electron chi connectivity index (χ1n) is 4.03. The minimum Gasteiger partial charge on any atom is -0.481 e. The van der Waals surface area contributed by atoms with Crippen LogP contribution in [0.5, 0.6) is 0 Å². The molecule has 0 aromatic rings. The molecule has 0 aromatic carbocycles. The average Bonchev–Trinajstić information content (AvgIpc) is 2.11. The molecule has 0 rings (SSSR count). The summed E-state index contributed by atoms with van der Waals surface area (Å²) in [6, 6.07) is -1.25. The molecule has 0 saturated heterocycles. The third kappa shape index (κ3) is 6.41. The van der Waals surface area contributed by atoms with Gasteiger partial charge < -0.3 is 15.5 Å². The Morgan fingerprint density at radius 3 is 2.33 bits per heavy atom. The number of aliphatic carboxylic acids is 2. The van der Waals surface area contributed by atoms with Crippen molar-refractivity contribution in [3.05, 3.63) is 0 Å². The molecule has 0 aliphatic heterocycles. The largest absolute Gasteiger partial charge is 0.481 e. The zero-order valence-corrected chi connectivity index (χ0v) is 7.80. The lowest BCUT2D eigenvalue weighted by Gasteiger charge is -2.12. The van der Waals surface area contributed by atoms with Gasteiger partial charge in [0.05, 0.1) is 0 Å². The van der Waals surface area contributed by atoms with Crippen molar-refractivity contribution in [2.24, 2.45) is 5.90 Å². The maximum absolute atomic E-state index is 10.9. The molecule has 0 radical (unpaired) electrons. The lowest BCUT2D eigenvalue weighted by molar-refractivity contribution is -0.143. The quantitative estimate of drug-likeness (QED) is 0.375. The fourth-order valence-corrected chi connectivity index (χ4v) is 0.837. The van der Waals surface area contributed by atoms with Gasteiger partial charge >= 0.3 is 11.9 Å². The first-order valence-corrected chi connectivity index (χ1v) is 4.03. The van der Waals surface area contributed by atoms with E-state index in [1.54, 1.807) is 0 Å². The van der Waals surface area contributed by atoms with E-state index < -0.39 is 30.5 Å². The fourth-order valence-electron chi connectivity index (χ4n) is 0.837. The van der Waals surface area contributed by atoms with Gasteiger partial charge in [-0.1, -0.05) is 0 Å². The van der Waals surface area contributed by atoms with E-state index in [9.17, 15) is 14.4 Å². The molecule has 0 spiro atoms. The van der Waals surface area contributed by atoms with E-state index in [1.165, 1.54) is 0 Å². The predicted molar refractivity (Wildman–Crippen MR) is 46.6 cm³/mol. The van der Waals surface area contributed by atoms with Gasteiger partial charge in [0.15, 0.2) is 0 Å². The Hall–Kier alpha value is -1.67. The molecule has 0 heterocycles. The van der Waals surface area contributed by atoms with Gasteiger partial charge in [-0.2, -0.15) is 0 Å². The van der Waals surface area contributed by atoms with Gasteiger partial charge in [0.25, 0.3) is 0 Å². The molecule has 0 saturated carbocycles. The second kappa shape index (κ2) is 6.74. The molecule has 0 bridgehead atoms. The number of carboxylic acid groups (broad SMARTS) is 2. The molecular formula is C7H12N2O6. The fraction of sp³-hybridized carbons (Fsp3) is 0.571. The summed E-state index contributed by atoms with van der Waals surface area (Å²) in [6.45, 7) is -0.475.